The van der Waals surface area contributed by atoms with Gasteiger partial charge in [-0.25, -0.2) is 0 Å². The highest BCUT2D eigenvalue weighted by atomic mass is 16.5. The van der Waals surface area contributed by atoms with Gasteiger partial charge in [0, 0.05) is 6.61 Å². The molecule has 19 heavy (non-hydrogen) atoms. The number of ether oxygens (including phenoxy) is 1. The van der Waals surface area contributed by atoms with E-state index in [2.05, 4.69) is 5.32 Å². The van der Waals surface area contributed by atoms with Crippen LogP contribution >= 0.6 is 0 Å². The van der Waals surface area contributed by atoms with E-state index in [9.17, 15) is 9.59 Å². The first-order valence-corrected chi connectivity index (χ1v) is 6.33. The van der Waals surface area contributed by atoms with Crippen LogP contribution in [0.3, 0.4) is 0 Å². The van der Waals surface area contributed by atoms with Gasteiger partial charge in [0.1, 0.15) is 12.6 Å². The predicted molar refractivity (Wildman–Crippen MR) is 72.4 cm³/mol. The van der Waals surface area contributed by atoms with E-state index >= 15 is 0 Å². The summed E-state index contributed by atoms with van der Waals surface area (Å²) in [5, 5.41) is 2.58. The molecule has 0 aromatic heterocycles. The number of carbonyl (C=O) groups excluding carboxylic acids is 2. The van der Waals surface area contributed by atoms with Crippen LogP contribution in [0.2, 0.25) is 0 Å². The van der Waals surface area contributed by atoms with E-state index in [1.54, 1.807) is 6.92 Å². The SMILES string of the molecule is CCOCC(=O)N[C@@H](CCc1ccccc1)C(N)=O. The van der Waals surface area contributed by atoms with Gasteiger partial charge >= 0.3 is 0 Å². The Morgan fingerprint density at radius 2 is 2.00 bits per heavy atom. The first kappa shape index (κ1) is 15.2. The van der Waals surface area contributed by atoms with Crippen molar-refractivity contribution in [3.8, 4) is 0 Å². The number of rotatable bonds is 8. The van der Waals surface area contributed by atoms with Crippen molar-refractivity contribution in [3.63, 3.8) is 0 Å². The molecular formula is C14H20N2O3. The molecule has 2 amide bonds. The summed E-state index contributed by atoms with van der Waals surface area (Å²) in [5.41, 5.74) is 6.39. The number of nitrogens with two attached hydrogens (primary N) is 1. The fraction of sp³-hybridized carbons (Fsp3) is 0.429. The predicted octanol–water partition coefficient (Wildman–Crippen LogP) is 0.626. The molecule has 1 atom stereocenters. The Morgan fingerprint density at radius 3 is 2.58 bits per heavy atom. The van der Waals surface area contributed by atoms with Crippen LogP contribution in [0, 0.1) is 0 Å². The number of aryl methyl sites for hydroxylation is 1. The molecule has 0 bridgehead atoms. The second kappa shape index (κ2) is 8.26. The van der Waals surface area contributed by atoms with Crippen LogP contribution in [-0.4, -0.2) is 31.1 Å². The van der Waals surface area contributed by atoms with Crippen LogP contribution in [0.4, 0.5) is 0 Å². The molecular weight excluding hydrogens is 244 g/mol. The van der Waals surface area contributed by atoms with Crippen molar-refractivity contribution in [2.24, 2.45) is 5.73 Å². The summed E-state index contributed by atoms with van der Waals surface area (Å²) in [6, 6.07) is 9.08. The van der Waals surface area contributed by atoms with E-state index in [0.717, 1.165) is 5.56 Å². The van der Waals surface area contributed by atoms with Gasteiger partial charge in [0.2, 0.25) is 11.8 Å². The maximum atomic E-state index is 11.5. The number of carbonyl (C=O) groups is 2. The molecule has 0 unspecified atom stereocenters. The van der Waals surface area contributed by atoms with Gasteiger partial charge < -0.3 is 15.8 Å². The molecule has 5 heteroatoms. The molecule has 3 N–H and O–H groups in total. The van der Waals surface area contributed by atoms with Gasteiger partial charge in [0.05, 0.1) is 0 Å². The zero-order valence-corrected chi connectivity index (χ0v) is 11.1. The minimum atomic E-state index is -0.659. The molecule has 1 aromatic rings. The molecule has 0 heterocycles. The molecule has 0 radical (unpaired) electrons. The van der Waals surface area contributed by atoms with Gasteiger partial charge in [0.15, 0.2) is 0 Å². The highest BCUT2D eigenvalue weighted by Gasteiger charge is 2.17. The van der Waals surface area contributed by atoms with E-state index in [-0.39, 0.29) is 12.5 Å². The Labute approximate surface area is 113 Å². The summed E-state index contributed by atoms with van der Waals surface area (Å²) in [4.78, 5) is 22.8. The maximum absolute atomic E-state index is 11.5. The molecule has 1 rings (SSSR count). The van der Waals surface area contributed by atoms with E-state index in [0.29, 0.717) is 19.4 Å². The highest BCUT2D eigenvalue weighted by Crippen LogP contribution is 2.05. The lowest BCUT2D eigenvalue weighted by atomic mass is 10.0. The lowest BCUT2D eigenvalue weighted by Gasteiger charge is -2.15. The smallest absolute Gasteiger partial charge is 0.246 e. The summed E-state index contributed by atoms with van der Waals surface area (Å²) in [6.45, 7) is 2.21. The van der Waals surface area contributed by atoms with E-state index in [4.69, 9.17) is 10.5 Å². The van der Waals surface area contributed by atoms with Crippen molar-refractivity contribution >= 4 is 11.8 Å². The Bertz CT molecular complexity index is 406. The molecule has 0 saturated carbocycles. The third-order valence-corrected chi connectivity index (χ3v) is 2.68. The van der Waals surface area contributed by atoms with Crippen molar-refractivity contribution in [2.75, 3.05) is 13.2 Å². The van der Waals surface area contributed by atoms with Gasteiger partial charge in [-0.2, -0.15) is 0 Å². The summed E-state index contributed by atoms with van der Waals surface area (Å²) >= 11 is 0. The number of benzene rings is 1. The van der Waals surface area contributed by atoms with Crippen LogP contribution in [0.5, 0.6) is 0 Å². The molecule has 0 fully saturated rings. The van der Waals surface area contributed by atoms with Crippen molar-refractivity contribution < 1.29 is 14.3 Å². The van der Waals surface area contributed by atoms with Crippen molar-refractivity contribution in [2.45, 2.75) is 25.8 Å². The van der Waals surface area contributed by atoms with E-state index < -0.39 is 11.9 Å². The Balaban J connectivity index is 2.45. The molecule has 0 saturated heterocycles. The zero-order valence-electron chi connectivity index (χ0n) is 11.1. The molecule has 1 aromatic carbocycles. The Morgan fingerprint density at radius 1 is 1.32 bits per heavy atom. The molecule has 0 aliphatic carbocycles. The Hall–Kier alpha value is -1.88. The zero-order chi connectivity index (χ0) is 14.1. The van der Waals surface area contributed by atoms with Crippen LogP contribution in [-0.2, 0) is 20.7 Å². The van der Waals surface area contributed by atoms with Crippen molar-refractivity contribution in [3.05, 3.63) is 35.9 Å². The van der Waals surface area contributed by atoms with Gasteiger partial charge in [-0.3, -0.25) is 9.59 Å². The maximum Gasteiger partial charge on any atom is 0.246 e. The average molecular weight is 264 g/mol. The number of primary amides is 1. The summed E-state index contributed by atoms with van der Waals surface area (Å²) in [7, 11) is 0. The number of nitrogens with one attached hydrogen (secondary N) is 1. The topological polar surface area (TPSA) is 81.4 Å². The average Bonchev–Trinajstić information content (AvgIpc) is 2.42. The number of amides is 2. The van der Waals surface area contributed by atoms with Crippen LogP contribution in [0.25, 0.3) is 0 Å². The first-order chi connectivity index (χ1) is 9.13. The quantitative estimate of drug-likeness (QED) is 0.722. The fourth-order valence-electron chi connectivity index (χ4n) is 1.67. The first-order valence-electron chi connectivity index (χ1n) is 6.33. The van der Waals surface area contributed by atoms with Crippen LogP contribution in [0.15, 0.2) is 30.3 Å². The second-order valence-corrected chi connectivity index (χ2v) is 4.18. The molecule has 104 valence electrons. The standard InChI is InChI=1S/C14H20N2O3/c1-2-19-10-13(17)16-12(14(15)18)9-8-11-6-4-3-5-7-11/h3-7,12H,2,8-10H2,1H3,(H2,15,18)(H,16,17)/t12-/m0/s1. The second-order valence-electron chi connectivity index (χ2n) is 4.18. The molecule has 0 aliphatic rings. The minimum Gasteiger partial charge on any atom is -0.372 e. The van der Waals surface area contributed by atoms with Gasteiger partial charge in [-0.05, 0) is 25.3 Å². The third-order valence-electron chi connectivity index (χ3n) is 2.68. The van der Waals surface area contributed by atoms with Crippen molar-refractivity contribution in [1.82, 2.24) is 5.32 Å². The third kappa shape index (κ3) is 6.01. The highest BCUT2D eigenvalue weighted by molar-refractivity contribution is 5.87. The summed E-state index contributed by atoms with van der Waals surface area (Å²) < 4.78 is 4.97. The van der Waals surface area contributed by atoms with Gasteiger partial charge in [-0.15, -0.1) is 0 Å². The Kier molecular flexibility index (Phi) is 6.60. The minimum absolute atomic E-state index is 0.0500. The normalized spacial score (nSPS) is 11.8. The van der Waals surface area contributed by atoms with E-state index in [1.165, 1.54) is 0 Å². The fourth-order valence-corrected chi connectivity index (χ4v) is 1.67. The van der Waals surface area contributed by atoms with Gasteiger partial charge in [0.25, 0.3) is 0 Å². The lowest BCUT2D eigenvalue weighted by Crippen LogP contribution is -2.46. The van der Waals surface area contributed by atoms with Gasteiger partial charge in [-0.1, -0.05) is 30.3 Å². The van der Waals surface area contributed by atoms with Crippen LogP contribution in [0.1, 0.15) is 18.9 Å². The number of hydrogen-bond donors (Lipinski definition) is 2. The number of hydrogen-bond acceptors (Lipinski definition) is 3. The monoisotopic (exact) mass is 264 g/mol. The molecule has 5 nitrogen and oxygen atoms in total. The van der Waals surface area contributed by atoms with Crippen LogP contribution < -0.4 is 11.1 Å². The molecule has 0 spiro atoms. The van der Waals surface area contributed by atoms with Crippen molar-refractivity contribution in [1.29, 1.82) is 0 Å². The van der Waals surface area contributed by atoms with E-state index in [1.807, 2.05) is 30.3 Å². The summed E-state index contributed by atoms with van der Waals surface area (Å²) in [5.74, 6) is -0.848. The lowest BCUT2D eigenvalue weighted by molar-refractivity contribution is -0.130. The largest absolute Gasteiger partial charge is 0.372 e. The summed E-state index contributed by atoms with van der Waals surface area (Å²) in [6.07, 6.45) is 1.17. The molecule has 0 aliphatic heterocycles.